The lowest BCUT2D eigenvalue weighted by molar-refractivity contribution is -0.130. The van der Waals surface area contributed by atoms with Crippen molar-refractivity contribution < 1.29 is 14.3 Å². The van der Waals surface area contributed by atoms with Gasteiger partial charge in [-0.1, -0.05) is 20.8 Å². The van der Waals surface area contributed by atoms with Crippen molar-refractivity contribution in [1.29, 1.82) is 0 Å². The van der Waals surface area contributed by atoms with Gasteiger partial charge in [0.1, 0.15) is 0 Å². The van der Waals surface area contributed by atoms with E-state index >= 15 is 0 Å². The summed E-state index contributed by atoms with van der Waals surface area (Å²) in [6.07, 6.45) is 1.49. The number of amides is 2. The van der Waals surface area contributed by atoms with Crippen LogP contribution in [-0.4, -0.2) is 49.2 Å². The second kappa shape index (κ2) is 6.92. The molecule has 1 aliphatic heterocycles. The number of carbonyl (C=O) groups excluding carboxylic acids is 2. The van der Waals surface area contributed by atoms with Crippen LogP contribution >= 0.6 is 0 Å². The SMILES string of the molecule is COC(=O)NC1CCN(C(=O)CC(N)CC(C)(C)C)C1. The molecule has 0 bridgehead atoms. The molecule has 1 saturated heterocycles. The molecule has 0 saturated carbocycles. The minimum absolute atomic E-state index is 0.0229. The van der Waals surface area contributed by atoms with Crippen LogP contribution in [0.1, 0.15) is 40.0 Å². The molecule has 116 valence electrons. The van der Waals surface area contributed by atoms with E-state index in [1.807, 2.05) is 0 Å². The Bertz CT molecular complexity index is 352. The number of methoxy groups -OCH3 is 1. The largest absolute Gasteiger partial charge is 0.453 e. The van der Waals surface area contributed by atoms with E-state index in [-0.39, 0.29) is 23.4 Å². The Balaban J connectivity index is 2.37. The zero-order valence-corrected chi connectivity index (χ0v) is 12.9. The molecular weight excluding hydrogens is 258 g/mol. The zero-order chi connectivity index (χ0) is 15.3. The summed E-state index contributed by atoms with van der Waals surface area (Å²) in [6, 6.07) is -0.139. The zero-order valence-electron chi connectivity index (χ0n) is 12.9. The normalized spacial score (nSPS) is 20.6. The van der Waals surface area contributed by atoms with Crippen LogP contribution in [0.3, 0.4) is 0 Å². The molecule has 2 unspecified atom stereocenters. The molecule has 2 amide bonds. The second-order valence-electron chi connectivity index (χ2n) is 6.69. The highest BCUT2D eigenvalue weighted by atomic mass is 16.5. The molecule has 6 nitrogen and oxygen atoms in total. The second-order valence-corrected chi connectivity index (χ2v) is 6.69. The van der Waals surface area contributed by atoms with Crippen LogP contribution in [0.5, 0.6) is 0 Å². The van der Waals surface area contributed by atoms with Crippen molar-refractivity contribution in [3.05, 3.63) is 0 Å². The molecule has 0 radical (unpaired) electrons. The van der Waals surface area contributed by atoms with Gasteiger partial charge in [0, 0.05) is 25.6 Å². The number of rotatable bonds is 4. The van der Waals surface area contributed by atoms with Gasteiger partial charge in [0.05, 0.1) is 13.2 Å². The van der Waals surface area contributed by atoms with Crippen LogP contribution in [-0.2, 0) is 9.53 Å². The minimum atomic E-state index is -0.450. The number of nitrogens with two attached hydrogens (primary N) is 1. The molecule has 3 N–H and O–H groups in total. The highest BCUT2D eigenvalue weighted by Crippen LogP contribution is 2.22. The molecule has 6 heteroatoms. The number of ether oxygens (including phenoxy) is 1. The molecule has 0 aromatic carbocycles. The minimum Gasteiger partial charge on any atom is -0.453 e. The summed E-state index contributed by atoms with van der Waals surface area (Å²) in [5, 5.41) is 2.72. The maximum absolute atomic E-state index is 12.1. The smallest absolute Gasteiger partial charge is 0.407 e. The summed E-state index contributed by atoms with van der Waals surface area (Å²) < 4.78 is 4.55. The van der Waals surface area contributed by atoms with Gasteiger partial charge in [0.2, 0.25) is 5.91 Å². The van der Waals surface area contributed by atoms with Crippen LogP contribution in [0.4, 0.5) is 4.79 Å². The van der Waals surface area contributed by atoms with Crippen molar-refractivity contribution in [2.75, 3.05) is 20.2 Å². The summed E-state index contributed by atoms with van der Waals surface area (Å²) in [4.78, 5) is 25.0. The molecule has 1 aliphatic rings. The van der Waals surface area contributed by atoms with E-state index in [1.54, 1.807) is 4.90 Å². The Morgan fingerprint density at radius 3 is 2.65 bits per heavy atom. The van der Waals surface area contributed by atoms with Gasteiger partial charge >= 0.3 is 6.09 Å². The molecule has 1 rings (SSSR count). The number of nitrogens with one attached hydrogen (secondary N) is 1. The summed E-state index contributed by atoms with van der Waals surface area (Å²) >= 11 is 0. The van der Waals surface area contributed by atoms with Crippen LogP contribution in [0.2, 0.25) is 0 Å². The lowest BCUT2D eigenvalue weighted by Gasteiger charge is -2.24. The predicted molar refractivity (Wildman–Crippen MR) is 77.2 cm³/mol. The Kier molecular flexibility index (Phi) is 5.80. The quantitative estimate of drug-likeness (QED) is 0.810. The van der Waals surface area contributed by atoms with E-state index in [2.05, 4.69) is 30.8 Å². The first-order valence-corrected chi connectivity index (χ1v) is 7.09. The van der Waals surface area contributed by atoms with Gasteiger partial charge in [0.25, 0.3) is 0 Å². The van der Waals surface area contributed by atoms with Gasteiger partial charge in [-0.05, 0) is 18.3 Å². The van der Waals surface area contributed by atoms with Crippen molar-refractivity contribution >= 4 is 12.0 Å². The summed E-state index contributed by atoms with van der Waals surface area (Å²) in [7, 11) is 1.33. The first kappa shape index (κ1) is 16.8. The van der Waals surface area contributed by atoms with Gasteiger partial charge in [0.15, 0.2) is 0 Å². The average molecular weight is 285 g/mol. The van der Waals surface area contributed by atoms with E-state index in [0.29, 0.717) is 19.5 Å². The van der Waals surface area contributed by atoms with Crippen molar-refractivity contribution in [3.63, 3.8) is 0 Å². The van der Waals surface area contributed by atoms with E-state index in [0.717, 1.165) is 12.8 Å². The summed E-state index contributed by atoms with van der Waals surface area (Å²) in [5.41, 5.74) is 6.15. The fraction of sp³-hybridized carbons (Fsp3) is 0.857. The van der Waals surface area contributed by atoms with Crippen molar-refractivity contribution in [2.24, 2.45) is 11.1 Å². The Morgan fingerprint density at radius 2 is 2.10 bits per heavy atom. The van der Waals surface area contributed by atoms with E-state index < -0.39 is 6.09 Å². The third-order valence-electron chi connectivity index (χ3n) is 3.36. The number of hydrogen-bond acceptors (Lipinski definition) is 4. The van der Waals surface area contributed by atoms with Gasteiger partial charge in [-0.15, -0.1) is 0 Å². The van der Waals surface area contributed by atoms with Gasteiger partial charge in [-0.2, -0.15) is 0 Å². The standard InChI is InChI=1S/C14H27N3O3/c1-14(2,3)8-10(15)7-12(18)17-6-5-11(9-17)16-13(19)20-4/h10-11H,5-9,15H2,1-4H3,(H,16,19). The van der Waals surface area contributed by atoms with Crippen molar-refractivity contribution in [3.8, 4) is 0 Å². The summed E-state index contributed by atoms with van der Waals surface area (Å²) in [6.45, 7) is 7.54. The number of carbonyl (C=O) groups is 2. The van der Waals surface area contributed by atoms with Gasteiger partial charge in [-0.3, -0.25) is 4.79 Å². The maximum Gasteiger partial charge on any atom is 0.407 e. The van der Waals surface area contributed by atoms with Crippen LogP contribution in [0.15, 0.2) is 0 Å². The predicted octanol–water partition coefficient (Wildman–Crippen LogP) is 1.10. The lowest BCUT2D eigenvalue weighted by Crippen LogP contribution is -2.40. The molecule has 1 fully saturated rings. The Labute approximate surface area is 121 Å². The fourth-order valence-electron chi connectivity index (χ4n) is 2.54. The number of nitrogens with zero attached hydrogens (tertiary/aromatic N) is 1. The molecule has 20 heavy (non-hydrogen) atoms. The first-order valence-electron chi connectivity index (χ1n) is 7.09. The molecule has 1 heterocycles. The van der Waals surface area contributed by atoms with Crippen LogP contribution in [0, 0.1) is 5.41 Å². The number of hydrogen-bond donors (Lipinski definition) is 2. The monoisotopic (exact) mass is 285 g/mol. The van der Waals surface area contributed by atoms with Crippen LogP contribution in [0.25, 0.3) is 0 Å². The van der Waals surface area contributed by atoms with E-state index in [1.165, 1.54) is 7.11 Å². The highest BCUT2D eigenvalue weighted by molar-refractivity contribution is 5.77. The third kappa shape index (κ3) is 5.77. The Hall–Kier alpha value is -1.30. The Morgan fingerprint density at radius 1 is 1.45 bits per heavy atom. The third-order valence-corrected chi connectivity index (χ3v) is 3.36. The molecule has 0 aromatic rings. The van der Waals surface area contributed by atoms with Gasteiger partial charge in [-0.25, -0.2) is 4.79 Å². The van der Waals surface area contributed by atoms with E-state index in [4.69, 9.17) is 5.73 Å². The molecule has 0 spiro atoms. The molecular formula is C14H27N3O3. The summed E-state index contributed by atoms with van der Waals surface area (Å²) in [5.74, 6) is 0.0657. The van der Waals surface area contributed by atoms with Crippen molar-refractivity contribution in [1.82, 2.24) is 10.2 Å². The number of alkyl carbamates (subject to hydrolysis) is 1. The molecule has 0 aliphatic carbocycles. The fourth-order valence-corrected chi connectivity index (χ4v) is 2.54. The highest BCUT2D eigenvalue weighted by Gasteiger charge is 2.28. The first-order chi connectivity index (χ1) is 9.21. The lowest BCUT2D eigenvalue weighted by atomic mass is 9.87. The number of likely N-dealkylation sites (tertiary alicyclic amines) is 1. The van der Waals surface area contributed by atoms with Crippen LogP contribution < -0.4 is 11.1 Å². The van der Waals surface area contributed by atoms with Gasteiger partial charge < -0.3 is 20.7 Å². The molecule has 2 atom stereocenters. The van der Waals surface area contributed by atoms with Crippen molar-refractivity contribution in [2.45, 2.75) is 52.1 Å². The molecule has 0 aromatic heterocycles. The van der Waals surface area contributed by atoms with E-state index in [9.17, 15) is 9.59 Å². The topological polar surface area (TPSA) is 84.7 Å². The average Bonchev–Trinajstić information content (AvgIpc) is 2.74. The maximum atomic E-state index is 12.1.